The van der Waals surface area contributed by atoms with Crippen molar-refractivity contribution >= 4 is 22.0 Å². The quantitative estimate of drug-likeness (QED) is 0.780. The van der Waals surface area contributed by atoms with Gasteiger partial charge < -0.3 is 14.8 Å². The van der Waals surface area contributed by atoms with Crippen molar-refractivity contribution in [3.05, 3.63) is 28.2 Å². The number of rotatable bonds is 1. The lowest BCUT2D eigenvalue weighted by Gasteiger charge is -2.48. The zero-order valence-corrected chi connectivity index (χ0v) is 14.8. The molecule has 0 radical (unpaired) electrons. The summed E-state index contributed by atoms with van der Waals surface area (Å²) in [6, 6.07) is 5.89. The summed E-state index contributed by atoms with van der Waals surface area (Å²) >= 11 is 3.49. The standard InChI is InChI=1S/C17H22BrNO3/c1-16(2,3)22-15(20)19-13-10-17(7-4-8-17)21-14-6-5-11(18)9-12(13)14/h5-6,9,13H,4,7-8,10H2,1-3H3,(H,19,20). The number of carbonyl (C=O) groups excluding carboxylic acids is 1. The largest absolute Gasteiger partial charge is 0.487 e. The van der Waals surface area contributed by atoms with Crippen molar-refractivity contribution in [1.82, 2.24) is 5.32 Å². The van der Waals surface area contributed by atoms with Crippen molar-refractivity contribution in [2.45, 2.75) is 63.7 Å². The van der Waals surface area contributed by atoms with Crippen LogP contribution >= 0.6 is 15.9 Å². The fourth-order valence-corrected chi connectivity index (χ4v) is 3.48. The molecule has 0 bridgehead atoms. The van der Waals surface area contributed by atoms with Crippen LogP contribution in [0.5, 0.6) is 5.75 Å². The summed E-state index contributed by atoms with van der Waals surface area (Å²) in [5.41, 5.74) is 0.405. The van der Waals surface area contributed by atoms with Crippen LogP contribution in [0, 0.1) is 0 Å². The Morgan fingerprint density at radius 2 is 2.14 bits per heavy atom. The van der Waals surface area contributed by atoms with E-state index in [2.05, 4.69) is 21.2 Å². The van der Waals surface area contributed by atoms with Gasteiger partial charge in [0.2, 0.25) is 0 Å². The molecule has 1 fully saturated rings. The van der Waals surface area contributed by atoms with Gasteiger partial charge in [0.15, 0.2) is 0 Å². The third kappa shape index (κ3) is 3.24. The van der Waals surface area contributed by atoms with Gasteiger partial charge in [-0.25, -0.2) is 4.79 Å². The molecule has 1 aliphatic carbocycles. The van der Waals surface area contributed by atoms with Crippen LogP contribution in [0.25, 0.3) is 0 Å². The fourth-order valence-electron chi connectivity index (χ4n) is 3.10. The van der Waals surface area contributed by atoms with E-state index in [1.54, 1.807) is 0 Å². The summed E-state index contributed by atoms with van der Waals surface area (Å²) in [4.78, 5) is 12.2. The average Bonchev–Trinajstić information content (AvgIpc) is 2.35. The van der Waals surface area contributed by atoms with Gasteiger partial charge in [-0.1, -0.05) is 15.9 Å². The molecule has 1 heterocycles. The second-order valence-electron chi connectivity index (χ2n) is 7.22. The second-order valence-corrected chi connectivity index (χ2v) is 8.14. The van der Waals surface area contributed by atoms with Gasteiger partial charge in [0.1, 0.15) is 17.0 Å². The molecular weight excluding hydrogens is 346 g/mol. The van der Waals surface area contributed by atoms with Gasteiger partial charge in [0.25, 0.3) is 0 Å². The molecule has 1 saturated carbocycles. The number of fused-ring (bicyclic) bond motifs is 1. The Kier molecular flexibility index (Phi) is 3.87. The van der Waals surface area contributed by atoms with Gasteiger partial charge in [0, 0.05) is 16.5 Å². The maximum absolute atomic E-state index is 12.2. The second kappa shape index (κ2) is 5.44. The molecule has 1 aromatic carbocycles. The smallest absolute Gasteiger partial charge is 0.408 e. The molecule has 22 heavy (non-hydrogen) atoms. The highest BCUT2D eigenvalue weighted by molar-refractivity contribution is 9.10. The molecule has 3 rings (SSSR count). The van der Waals surface area contributed by atoms with Crippen LogP contribution in [0.1, 0.15) is 58.1 Å². The number of halogens is 1. The summed E-state index contributed by atoms with van der Waals surface area (Å²) in [5.74, 6) is 0.871. The lowest BCUT2D eigenvalue weighted by molar-refractivity contribution is -0.0378. The Morgan fingerprint density at radius 1 is 1.41 bits per heavy atom. The minimum Gasteiger partial charge on any atom is -0.487 e. The molecule has 4 nitrogen and oxygen atoms in total. The number of hydrogen-bond acceptors (Lipinski definition) is 3. The Hall–Kier alpha value is -1.23. The van der Waals surface area contributed by atoms with Gasteiger partial charge in [-0.15, -0.1) is 0 Å². The zero-order chi connectivity index (χ0) is 16.0. The number of nitrogens with one attached hydrogen (secondary N) is 1. The van der Waals surface area contributed by atoms with E-state index in [-0.39, 0.29) is 17.7 Å². The molecule has 1 unspecified atom stereocenters. The number of carbonyl (C=O) groups is 1. The molecule has 1 aromatic rings. The molecule has 1 amide bonds. The maximum Gasteiger partial charge on any atom is 0.408 e. The third-order valence-electron chi connectivity index (χ3n) is 4.21. The van der Waals surface area contributed by atoms with Crippen molar-refractivity contribution in [3.63, 3.8) is 0 Å². The lowest BCUT2D eigenvalue weighted by atomic mass is 9.73. The number of alkyl carbamates (subject to hydrolysis) is 1. The Balaban J connectivity index is 1.83. The predicted octanol–water partition coefficient (Wildman–Crippen LogP) is 4.72. The molecule has 1 spiro atoms. The van der Waals surface area contributed by atoms with E-state index in [0.717, 1.165) is 35.0 Å². The van der Waals surface area contributed by atoms with Crippen LogP contribution in [0.4, 0.5) is 4.79 Å². The minimum atomic E-state index is -0.497. The molecule has 1 atom stereocenters. The van der Waals surface area contributed by atoms with Crippen LogP contribution in [0.3, 0.4) is 0 Å². The molecule has 2 aliphatic rings. The highest BCUT2D eigenvalue weighted by Crippen LogP contribution is 2.49. The third-order valence-corrected chi connectivity index (χ3v) is 4.70. The highest BCUT2D eigenvalue weighted by atomic mass is 79.9. The molecule has 0 aromatic heterocycles. The van der Waals surface area contributed by atoms with Crippen molar-refractivity contribution in [2.75, 3.05) is 0 Å². The van der Waals surface area contributed by atoms with E-state index in [4.69, 9.17) is 9.47 Å². The number of amides is 1. The van der Waals surface area contributed by atoms with Crippen LogP contribution in [0.15, 0.2) is 22.7 Å². The van der Waals surface area contributed by atoms with E-state index >= 15 is 0 Å². The average molecular weight is 368 g/mol. The Morgan fingerprint density at radius 3 is 2.73 bits per heavy atom. The monoisotopic (exact) mass is 367 g/mol. The predicted molar refractivity (Wildman–Crippen MR) is 88.1 cm³/mol. The molecule has 120 valence electrons. The van der Waals surface area contributed by atoms with Crippen molar-refractivity contribution in [3.8, 4) is 5.75 Å². The zero-order valence-electron chi connectivity index (χ0n) is 13.2. The molecule has 5 heteroatoms. The molecule has 1 N–H and O–H groups in total. The van der Waals surface area contributed by atoms with Crippen LogP contribution in [0.2, 0.25) is 0 Å². The summed E-state index contributed by atoms with van der Waals surface area (Å²) in [6.45, 7) is 5.61. The topological polar surface area (TPSA) is 47.6 Å². The van der Waals surface area contributed by atoms with Crippen LogP contribution in [-0.4, -0.2) is 17.3 Å². The Labute approximate surface area is 139 Å². The van der Waals surface area contributed by atoms with Crippen molar-refractivity contribution in [2.24, 2.45) is 0 Å². The minimum absolute atomic E-state index is 0.0728. The summed E-state index contributed by atoms with van der Waals surface area (Å²) in [6.07, 6.45) is 3.71. The van der Waals surface area contributed by atoms with Gasteiger partial charge in [-0.3, -0.25) is 0 Å². The summed E-state index contributed by atoms with van der Waals surface area (Å²) in [5, 5.41) is 3.02. The first-order valence-corrected chi connectivity index (χ1v) is 8.54. The summed E-state index contributed by atoms with van der Waals surface area (Å²) < 4.78 is 12.6. The van der Waals surface area contributed by atoms with Crippen molar-refractivity contribution < 1.29 is 14.3 Å². The maximum atomic E-state index is 12.2. The van der Waals surface area contributed by atoms with Crippen LogP contribution < -0.4 is 10.1 Å². The Bertz CT molecular complexity index is 590. The van der Waals surface area contributed by atoms with E-state index in [1.165, 1.54) is 6.42 Å². The molecule has 1 aliphatic heterocycles. The number of hydrogen-bond donors (Lipinski definition) is 1. The normalized spacial score (nSPS) is 22.3. The fraction of sp³-hybridized carbons (Fsp3) is 0.588. The SMILES string of the molecule is CC(C)(C)OC(=O)NC1CC2(CCC2)Oc2ccc(Br)cc21. The number of ether oxygens (including phenoxy) is 2. The van der Waals surface area contributed by atoms with Gasteiger partial charge in [-0.2, -0.15) is 0 Å². The van der Waals surface area contributed by atoms with Crippen LogP contribution in [-0.2, 0) is 4.74 Å². The molecule has 0 saturated heterocycles. The molecular formula is C17H22BrNO3. The first kappa shape index (κ1) is 15.7. The van der Waals surface area contributed by atoms with E-state index in [0.29, 0.717) is 0 Å². The highest BCUT2D eigenvalue weighted by Gasteiger charge is 2.46. The van der Waals surface area contributed by atoms with Gasteiger partial charge in [-0.05, 0) is 58.2 Å². The summed E-state index contributed by atoms with van der Waals surface area (Å²) in [7, 11) is 0. The first-order chi connectivity index (χ1) is 10.3. The van der Waals surface area contributed by atoms with Crippen molar-refractivity contribution in [1.29, 1.82) is 0 Å². The van der Waals surface area contributed by atoms with E-state index in [1.807, 2.05) is 39.0 Å². The lowest BCUT2D eigenvalue weighted by Crippen LogP contribution is -2.50. The van der Waals surface area contributed by atoms with E-state index in [9.17, 15) is 4.79 Å². The van der Waals surface area contributed by atoms with Gasteiger partial charge in [0.05, 0.1) is 6.04 Å². The number of benzene rings is 1. The van der Waals surface area contributed by atoms with Gasteiger partial charge >= 0.3 is 6.09 Å². The van der Waals surface area contributed by atoms with E-state index < -0.39 is 5.60 Å². The first-order valence-electron chi connectivity index (χ1n) is 7.74.